The van der Waals surface area contributed by atoms with E-state index in [4.69, 9.17) is 0 Å². The fraction of sp³-hybridized carbons (Fsp3) is 0.444. The van der Waals surface area contributed by atoms with Crippen LogP contribution in [0.4, 0.5) is 5.69 Å². The van der Waals surface area contributed by atoms with Crippen molar-refractivity contribution in [1.82, 2.24) is 20.1 Å². The molecule has 0 radical (unpaired) electrons. The molecule has 0 aromatic carbocycles. The second kappa shape index (κ2) is 6.66. The maximum absolute atomic E-state index is 12.7. The summed E-state index contributed by atoms with van der Waals surface area (Å²) in [7, 11) is 0. The van der Waals surface area contributed by atoms with Gasteiger partial charge in [-0.3, -0.25) is 19.7 Å². The lowest BCUT2D eigenvalue weighted by atomic mass is 10.0. The first-order chi connectivity index (χ1) is 11.9. The van der Waals surface area contributed by atoms with E-state index in [1.807, 2.05) is 33.8 Å². The Labute approximate surface area is 146 Å². The Bertz CT molecular complexity index is 807. The van der Waals surface area contributed by atoms with Gasteiger partial charge in [-0.2, -0.15) is 5.10 Å². The van der Waals surface area contributed by atoms with Crippen molar-refractivity contribution in [1.29, 1.82) is 0 Å². The van der Waals surface area contributed by atoms with Gasteiger partial charge in [0.15, 0.2) is 0 Å². The zero-order chi connectivity index (χ0) is 18.1. The third-order valence-corrected chi connectivity index (χ3v) is 4.70. The fourth-order valence-corrected chi connectivity index (χ4v) is 3.49. The summed E-state index contributed by atoms with van der Waals surface area (Å²) < 4.78 is 0. The van der Waals surface area contributed by atoms with Crippen LogP contribution in [-0.2, 0) is 9.59 Å². The summed E-state index contributed by atoms with van der Waals surface area (Å²) in [6.45, 7) is 8.13. The lowest BCUT2D eigenvalue weighted by Crippen LogP contribution is -2.39. The predicted molar refractivity (Wildman–Crippen MR) is 94.1 cm³/mol. The maximum atomic E-state index is 12.7. The topological polar surface area (TPSA) is 91.0 Å². The fourth-order valence-electron chi connectivity index (χ4n) is 3.49. The largest absolute Gasteiger partial charge is 0.327 e. The van der Waals surface area contributed by atoms with Crippen LogP contribution in [0, 0.1) is 27.7 Å². The van der Waals surface area contributed by atoms with Crippen molar-refractivity contribution in [2.75, 3.05) is 11.9 Å². The van der Waals surface area contributed by atoms with Gasteiger partial charge in [0.05, 0.1) is 23.1 Å². The lowest BCUT2D eigenvalue weighted by molar-refractivity contribution is -0.143. The molecule has 132 valence electrons. The van der Waals surface area contributed by atoms with Gasteiger partial charge < -0.3 is 10.2 Å². The van der Waals surface area contributed by atoms with Crippen molar-refractivity contribution < 1.29 is 9.59 Å². The summed E-state index contributed by atoms with van der Waals surface area (Å²) in [6, 6.07) is 3.48. The van der Waals surface area contributed by atoms with Crippen LogP contribution in [0.15, 0.2) is 12.1 Å². The Morgan fingerprint density at radius 1 is 1.20 bits per heavy atom. The number of pyridine rings is 1. The Hall–Kier alpha value is -2.70. The van der Waals surface area contributed by atoms with Crippen LogP contribution in [-0.4, -0.2) is 38.4 Å². The van der Waals surface area contributed by atoms with Gasteiger partial charge in [0, 0.05) is 23.5 Å². The summed E-state index contributed by atoms with van der Waals surface area (Å²) in [4.78, 5) is 31.1. The molecular weight excluding hydrogens is 318 g/mol. The molecule has 1 aliphatic heterocycles. The molecule has 2 aromatic heterocycles. The van der Waals surface area contributed by atoms with E-state index < -0.39 is 11.8 Å². The van der Waals surface area contributed by atoms with Crippen LogP contribution in [0.2, 0.25) is 0 Å². The molecule has 0 saturated carbocycles. The van der Waals surface area contributed by atoms with Gasteiger partial charge in [0.1, 0.15) is 0 Å². The van der Waals surface area contributed by atoms with Crippen molar-refractivity contribution in [2.24, 2.45) is 0 Å². The molecule has 3 rings (SSSR count). The third-order valence-electron chi connectivity index (χ3n) is 4.70. The first-order valence-electron chi connectivity index (χ1n) is 8.46. The highest BCUT2D eigenvalue weighted by Gasteiger charge is 2.35. The molecule has 0 spiro atoms. The van der Waals surface area contributed by atoms with Crippen molar-refractivity contribution in [3.63, 3.8) is 0 Å². The highest BCUT2D eigenvalue weighted by atomic mass is 16.2. The second-order valence-electron chi connectivity index (χ2n) is 6.54. The van der Waals surface area contributed by atoms with E-state index >= 15 is 0 Å². The first kappa shape index (κ1) is 17.1. The Morgan fingerprint density at radius 2 is 1.96 bits per heavy atom. The average Bonchev–Trinajstić information content (AvgIpc) is 3.15. The number of aromatic amines is 1. The molecule has 7 heteroatoms. The quantitative estimate of drug-likeness (QED) is 0.820. The summed E-state index contributed by atoms with van der Waals surface area (Å²) in [5.74, 6) is -1.14. The number of anilines is 1. The predicted octanol–water partition coefficient (Wildman–Crippen LogP) is 2.34. The number of aromatic nitrogens is 3. The van der Waals surface area contributed by atoms with Gasteiger partial charge in [-0.15, -0.1) is 0 Å². The zero-order valence-electron chi connectivity index (χ0n) is 15.0. The van der Waals surface area contributed by atoms with Gasteiger partial charge in [0.2, 0.25) is 0 Å². The van der Waals surface area contributed by atoms with E-state index in [9.17, 15) is 9.59 Å². The number of amides is 2. The number of nitrogens with zero attached hydrogens (tertiary/aromatic N) is 3. The van der Waals surface area contributed by atoms with Crippen molar-refractivity contribution in [2.45, 2.75) is 46.6 Å². The Morgan fingerprint density at radius 3 is 2.60 bits per heavy atom. The Kier molecular flexibility index (Phi) is 4.57. The minimum atomic E-state index is -0.626. The number of hydrogen-bond acceptors (Lipinski definition) is 4. The number of likely N-dealkylation sites (tertiary alicyclic amines) is 1. The highest BCUT2D eigenvalue weighted by molar-refractivity contribution is 6.39. The minimum absolute atomic E-state index is 0.103. The monoisotopic (exact) mass is 341 g/mol. The molecule has 0 aliphatic carbocycles. The third kappa shape index (κ3) is 3.26. The van der Waals surface area contributed by atoms with Crippen molar-refractivity contribution in [3.8, 4) is 0 Å². The summed E-state index contributed by atoms with van der Waals surface area (Å²) in [5.41, 5.74) is 4.97. The zero-order valence-corrected chi connectivity index (χ0v) is 15.0. The molecule has 0 bridgehead atoms. The molecule has 1 aliphatic rings. The van der Waals surface area contributed by atoms with Crippen LogP contribution >= 0.6 is 0 Å². The van der Waals surface area contributed by atoms with Crippen LogP contribution in [0.25, 0.3) is 0 Å². The lowest BCUT2D eigenvalue weighted by Gasteiger charge is -2.24. The van der Waals surface area contributed by atoms with E-state index in [1.165, 1.54) is 0 Å². The molecule has 3 heterocycles. The summed E-state index contributed by atoms with van der Waals surface area (Å²) in [5, 5.41) is 9.87. The summed E-state index contributed by atoms with van der Waals surface area (Å²) in [6.07, 6.45) is 1.71. The van der Waals surface area contributed by atoms with Gasteiger partial charge in [-0.1, -0.05) is 0 Å². The van der Waals surface area contributed by atoms with E-state index in [0.29, 0.717) is 17.9 Å². The molecule has 2 amide bonds. The number of rotatable bonds is 2. The smallest absolute Gasteiger partial charge is 0.313 e. The number of carbonyl (C=O) groups is 2. The van der Waals surface area contributed by atoms with E-state index in [2.05, 4.69) is 20.5 Å². The van der Waals surface area contributed by atoms with Crippen LogP contribution in [0.1, 0.15) is 47.2 Å². The van der Waals surface area contributed by atoms with E-state index in [0.717, 1.165) is 35.5 Å². The van der Waals surface area contributed by atoms with Crippen molar-refractivity contribution in [3.05, 3.63) is 40.5 Å². The molecule has 25 heavy (non-hydrogen) atoms. The number of aryl methyl sites for hydroxylation is 4. The van der Waals surface area contributed by atoms with E-state index in [1.54, 1.807) is 11.0 Å². The Balaban J connectivity index is 1.78. The molecule has 1 fully saturated rings. The van der Waals surface area contributed by atoms with Gasteiger partial charge in [-0.05, 0) is 52.7 Å². The SMILES string of the molecule is Cc1ccc(NC(=O)C(=O)N2CCCC2c2c(C)n[nH]c2C)c(C)n1. The highest BCUT2D eigenvalue weighted by Crippen LogP contribution is 2.34. The normalized spacial score (nSPS) is 17.0. The molecule has 1 atom stereocenters. The van der Waals surface area contributed by atoms with Gasteiger partial charge in [-0.25, -0.2) is 0 Å². The molecule has 2 aromatic rings. The molecular formula is C18H23N5O2. The van der Waals surface area contributed by atoms with Crippen LogP contribution in [0.5, 0.6) is 0 Å². The standard InChI is InChI=1S/C18H23N5O2/c1-10-7-8-14(11(2)19-10)20-17(24)18(25)23-9-5-6-15(23)16-12(3)21-22-13(16)4/h7-8,15H,5-6,9H2,1-4H3,(H,20,24)(H,21,22). The number of nitrogens with one attached hydrogen (secondary N) is 2. The van der Waals surface area contributed by atoms with Gasteiger partial charge in [0.25, 0.3) is 0 Å². The molecule has 1 saturated heterocycles. The van der Waals surface area contributed by atoms with Crippen LogP contribution in [0.3, 0.4) is 0 Å². The number of carbonyl (C=O) groups excluding carboxylic acids is 2. The molecule has 2 N–H and O–H groups in total. The van der Waals surface area contributed by atoms with Crippen LogP contribution < -0.4 is 5.32 Å². The van der Waals surface area contributed by atoms with Crippen molar-refractivity contribution >= 4 is 17.5 Å². The molecule has 1 unspecified atom stereocenters. The summed E-state index contributed by atoms with van der Waals surface area (Å²) >= 11 is 0. The minimum Gasteiger partial charge on any atom is -0.327 e. The van der Waals surface area contributed by atoms with Gasteiger partial charge >= 0.3 is 11.8 Å². The number of H-pyrrole nitrogens is 1. The second-order valence-corrected chi connectivity index (χ2v) is 6.54. The molecule has 7 nitrogen and oxygen atoms in total. The van der Waals surface area contributed by atoms with E-state index in [-0.39, 0.29) is 6.04 Å². The maximum Gasteiger partial charge on any atom is 0.313 e. The number of hydrogen-bond donors (Lipinski definition) is 2. The first-order valence-corrected chi connectivity index (χ1v) is 8.46. The average molecular weight is 341 g/mol.